The molecule has 0 aliphatic heterocycles. The van der Waals surface area contributed by atoms with Gasteiger partial charge in [-0.2, -0.15) is 0 Å². The number of benzene rings is 1. The summed E-state index contributed by atoms with van der Waals surface area (Å²) in [4.78, 5) is 4.68. The summed E-state index contributed by atoms with van der Waals surface area (Å²) in [5.41, 5.74) is 2.34. The number of nitrogens with one attached hydrogen (secondary N) is 2. The maximum absolute atomic E-state index is 5.90. The van der Waals surface area contributed by atoms with E-state index in [0.717, 1.165) is 23.8 Å². The van der Waals surface area contributed by atoms with Crippen molar-refractivity contribution in [1.29, 1.82) is 0 Å². The van der Waals surface area contributed by atoms with Crippen LogP contribution in [-0.4, -0.2) is 24.7 Å². The maximum Gasteiger partial charge on any atom is 0.191 e. The Labute approximate surface area is 151 Å². The molecule has 1 saturated carbocycles. The molecule has 0 aromatic heterocycles. The Morgan fingerprint density at radius 3 is 2.68 bits per heavy atom. The van der Waals surface area contributed by atoms with E-state index in [4.69, 9.17) is 4.74 Å². The predicted molar refractivity (Wildman–Crippen MR) is 103 cm³/mol. The van der Waals surface area contributed by atoms with Crippen LogP contribution in [0, 0.1) is 6.92 Å². The van der Waals surface area contributed by atoms with Crippen LogP contribution >= 0.6 is 24.0 Å². The Morgan fingerprint density at radius 1 is 1.36 bits per heavy atom. The van der Waals surface area contributed by atoms with Crippen LogP contribution in [0.25, 0.3) is 0 Å². The fourth-order valence-electron chi connectivity index (χ4n) is 2.06. The molecule has 1 aliphatic rings. The highest BCUT2D eigenvalue weighted by atomic mass is 127. The van der Waals surface area contributed by atoms with Gasteiger partial charge < -0.3 is 15.4 Å². The molecule has 2 N–H and O–H groups in total. The zero-order valence-corrected chi connectivity index (χ0v) is 16.3. The lowest BCUT2D eigenvalue weighted by Gasteiger charge is -2.15. The molecule has 0 saturated heterocycles. The first-order valence-electron chi connectivity index (χ1n) is 7.89. The van der Waals surface area contributed by atoms with Crippen LogP contribution in [0.15, 0.2) is 23.2 Å². The molecular weight excluding hydrogens is 389 g/mol. The number of guanidine groups is 1. The van der Waals surface area contributed by atoms with Gasteiger partial charge in [-0.05, 0) is 52.2 Å². The summed E-state index contributed by atoms with van der Waals surface area (Å²) in [6, 6.07) is 6.91. The van der Waals surface area contributed by atoms with Gasteiger partial charge in [0.2, 0.25) is 0 Å². The molecule has 2 rings (SSSR count). The molecule has 0 unspecified atom stereocenters. The first-order chi connectivity index (χ1) is 10.1. The van der Waals surface area contributed by atoms with E-state index in [-0.39, 0.29) is 30.1 Å². The van der Waals surface area contributed by atoms with Gasteiger partial charge >= 0.3 is 0 Å². The third-order valence-corrected chi connectivity index (χ3v) is 3.26. The lowest BCUT2D eigenvalue weighted by Crippen LogP contribution is -2.38. The topological polar surface area (TPSA) is 45.7 Å². The number of nitrogens with zero attached hydrogens (tertiary/aromatic N) is 1. The molecule has 1 aromatic carbocycles. The molecule has 4 nitrogen and oxygen atoms in total. The highest BCUT2D eigenvalue weighted by Gasteiger charge is 2.22. The van der Waals surface area contributed by atoms with Crippen molar-refractivity contribution in [2.24, 2.45) is 4.99 Å². The van der Waals surface area contributed by atoms with Crippen molar-refractivity contribution < 1.29 is 4.74 Å². The Balaban J connectivity index is 0.00000242. The molecule has 0 radical (unpaired) electrons. The quantitative estimate of drug-likeness (QED) is 0.422. The number of aryl methyl sites for hydroxylation is 1. The van der Waals surface area contributed by atoms with Gasteiger partial charge in [-0.25, -0.2) is 4.99 Å². The largest absolute Gasteiger partial charge is 0.491 e. The highest BCUT2D eigenvalue weighted by Crippen LogP contribution is 2.23. The van der Waals surface area contributed by atoms with Crippen LogP contribution in [0.5, 0.6) is 5.75 Å². The maximum atomic E-state index is 5.90. The molecule has 1 fully saturated rings. The van der Waals surface area contributed by atoms with Crippen molar-refractivity contribution in [3.63, 3.8) is 0 Å². The van der Waals surface area contributed by atoms with Crippen LogP contribution in [-0.2, 0) is 6.54 Å². The van der Waals surface area contributed by atoms with Crippen molar-refractivity contribution in [3.8, 4) is 5.75 Å². The molecule has 0 atom stereocenters. The Bertz CT molecular complexity index is 499. The summed E-state index contributed by atoms with van der Waals surface area (Å²) in [5.74, 6) is 1.84. The van der Waals surface area contributed by atoms with Gasteiger partial charge in [0.05, 0.1) is 12.6 Å². The first kappa shape index (κ1) is 19.1. The third-order valence-electron chi connectivity index (χ3n) is 3.26. The van der Waals surface area contributed by atoms with Gasteiger partial charge in [0.25, 0.3) is 0 Å². The second-order valence-corrected chi connectivity index (χ2v) is 5.89. The summed E-state index contributed by atoms with van der Waals surface area (Å²) in [6.07, 6.45) is 2.67. The molecule has 0 bridgehead atoms. The van der Waals surface area contributed by atoms with Crippen LogP contribution in [0.1, 0.15) is 44.7 Å². The summed E-state index contributed by atoms with van der Waals surface area (Å²) in [7, 11) is 0. The monoisotopic (exact) mass is 417 g/mol. The van der Waals surface area contributed by atoms with E-state index in [1.54, 1.807) is 0 Å². The fraction of sp³-hybridized carbons (Fsp3) is 0.588. The lowest BCUT2D eigenvalue weighted by atomic mass is 10.1. The van der Waals surface area contributed by atoms with E-state index in [1.165, 1.54) is 18.4 Å². The Hall–Kier alpha value is -0.980. The fourth-order valence-corrected chi connectivity index (χ4v) is 2.06. The molecule has 0 spiro atoms. The van der Waals surface area contributed by atoms with Crippen LogP contribution in [0.3, 0.4) is 0 Å². The van der Waals surface area contributed by atoms with Crippen molar-refractivity contribution in [2.45, 2.75) is 59.2 Å². The lowest BCUT2D eigenvalue weighted by molar-refractivity contribution is 0.240. The molecule has 1 aromatic rings. The van der Waals surface area contributed by atoms with Gasteiger partial charge in [0, 0.05) is 18.2 Å². The minimum atomic E-state index is 0. The summed E-state index contributed by atoms with van der Waals surface area (Å²) >= 11 is 0. The molecule has 124 valence electrons. The van der Waals surface area contributed by atoms with Gasteiger partial charge in [-0.1, -0.05) is 12.1 Å². The average molecular weight is 417 g/mol. The Kier molecular flexibility index (Phi) is 8.00. The van der Waals surface area contributed by atoms with Gasteiger partial charge in [0.15, 0.2) is 5.96 Å². The summed E-state index contributed by atoms with van der Waals surface area (Å²) in [6.45, 7) is 9.77. The van der Waals surface area contributed by atoms with Crippen LogP contribution in [0.2, 0.25) is 0 Å². The van der Waals surface area contributed by atoms with Gasteiger partial charge in [0.1, 0.15) is 5.75 Å². The van der Waals surface area contributed by atoms with Crippen molar-refractivity contribution in [2.75, 3.05) is 6.54 Å². The number of rotatable bonds is 6. The molecule has 5 heteroatoms. The number of hydrogen-bond acceptors (Lipinski definition) is 2. The number of aliphatic imine (C=N–C) groups is 1. The number of ether oxygens (including phenoxy) is 1. The second kappa shape index (κ2) is 9.22. The van der Waals surface area contributed by atoms with Crippen molar-refractivity contribution in [3.05, 3.63) is 29.3 Å². The Morgan fingerprint density at radius 2 is 2.09 bits per heavy atom. The summed E-state index contributed by atoms with van der Waals surface area (Å²) < 4.78 is 5.90. The smallest absolute Gasteiger partial charge is 0.191 e. The first-order valence-corrected chi connectivity index (χ1v) is 7.89. The zero-order valence-electron chi connectivity index (χ0n) is 14.0. The van der Waals surface area contributed by atoms with Crippen LogP contribution < -0.4 is 15.4 Å². The van der Waals surface area contributed by atoms with Crippen LogP contribution in [0.4, 0.5) is 0 Å². The second-order valence-electron chi connectivity index (χ2n) is 5.89. The highest BCUT2D eigenvalue weighted by molar-refractivity contribution is 14.0. The SMILES string of the molecule is CCNC(=NCc1ccc(C)cc1OC(C)C)NC1CC1.I. The van der Waals surface area contributed by atoms with Gasteiger partial charge in [-0.3, -0.25) is 0 Å². The molecule has 1 aliphatic carbocycles. The van der Waals surface area contributed by atoms with E-state index < -0.39 is 0 Å². The standard InChI is InChI=1S/C17H27N3O.HI/c1-5-18-17(20-15-8-9-15)19-11-14-7-6-13(4)10-16(14)21-12(2)3;/h6-7,10,12,15H,5,8-9,11H2,1-4H3,(H2,18,19,20);1H. The number of halogens is 1. The average Bonchev–Trinajstić information content (AvgIpc) is 3.21. The summed E-state index contributed by atoms with van der Waals surface area (Å²) in [5, 5.41) is 6.73. The number of hydrogen-bond donors (Lipinski definition) is 2. The third kappa shape index (κ3) is 6.42. The van der Waals surface area contributed by atoms with Gasteiger partial charge in [-0.15, -0.1) is 24.0 Å². The van der Waals surface area contributed by atoms with E-state index in [2.05, 4.69) is 47.7 Å². The molecule has 0 amide bonds. The van der Waals surface area contributed by atoms with E-state index in [9.17, 15) is 0 Å². The van der Waals surface area contributed by atoms with E-state index in [0.29, 0.717) is 12.6 Å². The van der Waals surface area contributed by atoms with E-state index >= 15 is 0 Å². The van der Waals surface area contributed by atoms with Crippen molar-refractivity contribution in [1.82, 2.24) is 10.6 Å². The minimum absolute atomic E-state index is 0. The van der Waals surface area contributed by atoms with Crippen molar-refractivity contribution >= 4 is 29.9 Å². The predicted octanol–water partition coefficient (Wildman–Crippen LogP) is 3.62. The normalized spacial score (nSPS) is 14.5. The zero-order chi connectivity index (χ0) is 15.2. The minimum Gasteiger partial charge on any atom is -0.491 e. The molecule has 0 heterocycles. The molecule has 22 heavy (non-hydrogen) atoms. The van der Waals surface area contributed by atoms with E-state index in [1.807, 2.05) is 13.8 Å². The molecular formula is C17H28IN3O.